The second-order valence-electron chi connectivity index (χ2n) is 4.02. The number of carboxylic acids is 1. The first-order valence-corrected chi connectivity index (χ1v) is 5.93. The average molecular weight is 325 g/mol. The number of pyridine rings is 1. The van der Waals surface area contributed by atoms with Crippen LogP contribution < -0.4 is 4.74 Å². The van der Waals surface area contributed by atoms with Crippen molar-refractivity contribution in [2.45, 2.75) is 25.4 Å². The molecule has 1 N–H and O–H groups in total. The van der Waals surface area contributed by atoms with Crippen LogP contribution in [0, 0.1) is 0 Å². The summed E-state index contributed by atoms with van der Waals surface area (Å²) in [5.41, 5.74) is -0.399. The number of rotatable bonds is 6. The number of hydrogen-bond donors (Lipinski definition) is 1. The molecule has 0 aliphatic heterocycles. The summed E-state index contributed by atoms with van der Waals surface area (Å²) in [6.07, 6.45) is -4.75. The summed E-state index contributed by atoms with van der Waals surface area (Å²) in [5, 5.41) is 8.70. The topological polar surface area (TPSA) is 85.7 Å². The number of carbonyl (C=O) groups excluding carboxylic acids is 1. The highest BCUT2D eigenvalue weighted by Gasteiger charge is 2.65. The van der Waals surface area contributed by atoms with Crippen LogP contribution in [0.4, 0.5) is 17.6 Å². The highest BCUT2D eigenvalue weighted by Crippen LogP contribution is 2.36. The molecule has 1 unspecified atom stereocenters. The third-order valence-corrected chi connectivity index (χ3v) is 2.31. The maximum atomic E-state index is 13.9. The monoisotopic (exact) mass is 325 g/mol. The quantitative estimate of drug-likeness (QED) is 0.638. The highest BCUT2D eigenvalue weighted by molar-refractivity contribution is 5.88. The number of ether oxygens (including phenoxy) is 2. The predicted octanol–water partition coefficient (Wildman–Crippen LogP) is 2.34. The molecule has 1 atom stereocenters. The number of aromatic nitrogens is 1. The molecule has 6 nitrogen and oxygen atoms in total. The number of nitrogens with zero attached hydrogens (tertiary/aromatic N) is 1. The number of hydrogen-bond acceptors (Lipinski definition) is 5. The van der Waals surface area contributed by atoms with E-state index in [0.717, 1.165) is 12.3 Å². The second-order valence-corrected chi connectivity index (χ2v) is 4.02. The molecule has 22 heavy (non-hydrogen) atoms. The molecule has 122 valence electrons. The van der Waals surface area contributed by atoms with Crippen LogP contribution in [-0.4, -0.2) is 40.7 Å². The predicted molar refractivity (Wildman–Crippen MR) is 63.0 cm³/mol. The minimum atomic E-state index is -5.66. The van der Waals surface area contributed by atoms with E-state index < -0.39 is 42.0 Å². The summed E-state index contributed by atoms with van der Waals surface area (Å²) in [6.45, 7) is 0.744. The van der Waals surface area contributed by atoms with Gasteiger partial charge in [-0.2, -0.15) is 17.6 Å². The average Bonchev–Trinajstić information content (AvgIpc) is 2.43. The van der Waals surface area contributed by atoms with Crippen LogP contribution in [0.1, 0.15) is 23.7 Å². The van der Waals surface area contributed by atoms with Crippen LogP contribution in [0.2, 0.25) is 0 Å². The van der Waals surface area contributed by atoms with Gasteiger partial charge in [0.15, 0.2) is 0 Å². The molecule has 1 rings (SSSR count). The fraction of sp³-hybridized carbons (Fsp3) is 0.417. The summed E-state index contributed by atoms with van der Waals surface area (Å²) in [7, 11) is 0. The van der Waals surface area contributed by atoms with Crippen LogP contribution in [0.25, 0.3) is 0 Å². The second kappa shape index (κ2) is 6.69. The first-order chi connectivity index (χ1) is 10.1. The highest BCUT2D eigenvalue weighted by atomic mass is 19.4. The minimum absolute atomic E-state index is 0.0295. The number of halogens is 4. The Labute approximate surface area is 121 Å². The summed E-state index contributed by atoms with van der Waals surface area (Å²) in [6, 6.07) is 1.69. The van der Waals surface area contributed by atoms with E-state index in [0.29, 0.717) is 6.07 Å². The Hall–Kier alpha value is -2.23. The van der Waals surface area contributed by atoms with E-state index in [9.17, 15) is 27.2 Å². The van der Waals surface area contributed by atoms with Gasteiger partial charge in [-0.1, -0.05) is 6.92 Å². The Morgan fingerprint density at radius 1 is 1.32 bits per heavy atom. The smallest absolute Gasteiger partial charge is 0.460 e. The van der Waals surface area contributed by atoms with Crippen molar-refractivity contribution in [3.63, 3.8) is 0 Å². The molecule has 0 saturated carbocycles. The van der Waals surface area contributed by atoms with Gasteiger partial charge in [0.25, 0.3) is 0 Å². The van der Waals surface area contributed by atoms with Crippen LogP contribution >= 0.6 is 0 Å². The lowest BCUT2D eigenvalue weighted by Crippen LogP contribution is -2.52. The number of alkyl halides is 4. The van der Waals surface area contributed by atoms with Crippen molar-refractivity contribution in [2.75, 3.05) is 6.61 Å². The molecule has 0 fully saturated rings. The van der Waals surface area contributed by atoms with Crippen LogP contribution in [-0.2, 0) is 9.53 Å². The Kier molecular flexibility index (Phi) is 5.42. The Bertz CT molecular complexity index is 563. The largest absolute Gasteiger partial charge is 0.478 e. The number of esters is 1. The Balaban J connectivity index is 3.01. The normalized spacial score (nSPS) is 14.2. The lowest BCUT2D eigenvalue weighted by Gasteiger charge is -2.25. The fourth-order valence-electron chi connectivity index (χ4n) is 1.26. The lowest BCUT2D eigenvalue weighted by molar-refractivity contribution is -0.320. The summed E-state index contributed by atoms with van der Waals surface area (Å²) < 4.78 is 60.0. The van der Waals surface area contributed by atoms with Crippen LogP contribution in [0.15, 0.2) is 18.3 Å². The molecule has 1 aromatic rings. The molecule has 0 saturated heterocycles. The molecule has 0 radical (unpaired) electrons. The van der Waals surface area contributed by atoms with Crippen molar-refractivity contribution in [2.24, 2.45) is 0 Å². The van der Waals surface area contributed by atoms with E-state index in [1.54, 1.807) is 0 Å². The Morgan fingerprint density at radius 2 is 1.95 bits per heavy atom. The molecular weight excluding hydrogens is 314 g/mol. The molecule has 0 bridgehead atoms. The molecule has 0 aromatic carbocycles. The van der Waals surface area contributed by atoms with E-state index in [-0.39, 0.29) is 6.42 Å². The number of carbonyl (C=O) groups is 2. The molecular formula is C12H11F4NO5. The van der Waals surface area contributed by atoms with Crippen molar-refractivity contribution in [1.82, 2.24) is 4.98 Å². The van der Waals surface area contributed by atoms with E-state index in [4.69, 9.17) is 5.11 Å². The van der Waals surface area contributed by atoms with Crippen molar-refractivity contribution >= 4 is 11.9 Å². The van der Waals surface area contributed by atoms with Gasteiger partial charge in [0.1, 0.15) is 0 Å². The van der Waals surface area contributed by atoms with Crippen molar-refractivity contribution in [3.05, 3.63) is 23.9 Å². The zero-order valence-electron chi connectivity index (χ0n) is 11.2. The first-order valence-electron chi connectivity index (χ1n) is 5.93. The zero-order valence-corrected chi connectivity index (χ0v) is 11.2. The SMILES string of the molecule is CCCOC(F)(C(=O)Oc1cc(C(=O)O)ccn1)C(F)(F)F. The Morgan fingerprint density at radius 3 is 2.45 bits per heavy atom. The van der Waals surface area contributed by atoms with Gasteiger partial charge in [0.2, 0.25) is 5.88 Å². The summed E-state index contributed by atoms with van der Waals surface area (Å²) >= 11 is 0. The van der Waals surface area contributed by atoms with Gasteiger partial charge in [0, 0.05) is 12.3 Å². The molecule has 0 aliphatic rings. The van der Waals surface area contributed by atoms with Gasteiger partial charge < -0.3 is 14.6 Å². The number of carboxylic acid groups (broad SMARTS) is 1. The van der Waals surface area contributed by atoms with E-state index in [2.05, 4.69) is 14.5 Å². The lowest BCUT2D eigenvalue weighted by atomic mass is 10.2. The molecule has 0 amide bonds. The van der Waals surface area contributed by atoms with Gasteiger partial charge in [0.05, 0.1) is 12.2 Å². The van der Waals surface area contributed by atoms with Gasteiger partial charge in [-0.15, -0.1) is 0 Å². The maximum Gasteiger partial charge on any atom is 0.460 e. The van der Waals surface area contributed by atoms with Gasteiger partial charge >= 0.3 is 24.0 Å². The van der Waals surface area contributed by atoms with Gasteiger partial charge in [-0.25, -0.2) is 14.6 Å². The van der Waals surface area contributed by atoms with Crippen molar-refractivity contribution in [3.8, 4) is 5.88 Å². The molecule has 0 aliphatic carbocycles. The third-order valence-electron chi connectivity index (χ3n) is 2.31. The van der Waals surface area contributed by atoms with Gasteiger partial charge in [-0.05, 0) is 12.5 Å². The standard InChI is InChI=1S/C12H11F4NO5/c1-2-5-21-11(13,12(14,15)16)10(20)22-8-6-7(9(18)19)3-4-17-8/h3-4,6H,2,5H2,1H3,(H,18,19). The summed E-state index contributed by atoms with van der Waals surface area (Å²) in [5.74, 6) is -9.27. The zero-order chi connectivity index (χ0) is 17.0. The summed E-state index contributed by atoms with van der Waals surface area (Å²) in [4.78, 5) is 25.5. The molecule has 0 spiro atoms. The first kappa shape index (κ1) is 17.8. The fourth-order valence-corrected chi connectivity index (χ4v) is 1.26. The maximum absolute atomic E-state index is 13.9. The number of aromatic carboxylic acids is 1. The van der Waals surface area contributed by atoms with Crippen molar-refractivity contribution < 1.29 is 41.7 Å². The van der Waals surface area contributed by atoms with Crippen molar-refractivity contribution in [1.29, 1.82) is 0 Å². The van der Waals surface area contributed by atoms with Crippen LogP contribution in [0.3, 0.4) is 0 Å². The van der Waals surface area contributed by atoms with Gasteiger partial charge in [-0.3, -0.25) is 0 Å². The minimum Gasteiger partial charge on any atom is -0.478 e. The van der Waals surface area contributed by atoms with E-state index >= 15 is 0 Å². The molecule has 1 aromatic heterocycles. The third kappa shape index (κ3) is 3.91. The van der Waals surface area contributed by atoms with Crippen LogP contribution in [0.5, 0.6) is 5.88 Å². The van der Waals surface area contributed by atoms with E-state index in [1.165, 1.54) is 6.92 Å². The van der Waals surface area contributed by atoms with E-state index in [1.807, 2.05) is 0 Å². The molecule has 1 heterocycles. The molecule has 10 heteroatoms.